The van der Waals surface area contributed by atoms with Crippen LogP contribution in [-0.2, 0) is 0 Å². The Balaban J connectivity index is 1.28. The fraction of sp³-hybridized carbons (Fsp3) is 0.696. The van der Waals surface area contributed by atoms with Crippen LogP contribution in [0.1, 0.15) is 45.6 Å². The smallest absolute Gasteiger partial charge is 0.320 e. The quantitative estimate of drug-likeness (QED) is 0.731. The molecule has 3 aliphatic rings. The Morgan fingerprint density at radius 2 is 1.59 bits per heavy atom. The largest absolute Gasteiger partial charge is 0.370 e. The molecule has 0 radical (unpaired) electrons. The number of alkyl halides is 2. The van der Waals surface area contributed by atoms with Crippen molar-refractivity contribution in [1.82, 2.24) is 9.80 Å². The minimum atomic E-state index is -2.79. The lowest BCUT2D eigenvalue weighted by Gasteiger charge is -2.61. The van der Waals surface area contributed by atoms with Crippen LogP contribution in [-0.4, -0.2) is 61.0 Å². The number of amides is 2. The van der Waals surface area contributed by atoms with E-state index in [0.29, 0.717) is 32.0 Å². The summed E-state index contributed by atoms with van der Waals surface area (Å²) in [6, 6.07) is 8.50. The Bertz CT molecular complexity index is 748. The Morgan fingerprint density at radius 3 is 2.10 bits per heavy atom. The molecule has 160 valence electrons. The summed E-state index contributed by atoms with van der Waals surface area (Å²) < 4.78 is 28.9. The highest BCUT2D eigenvalue weighted by molar-refractivity contribution is 5.76. The van der Waals surface area contributed by atoms with E-state index in [0.717, 1.165) is 13.1 Å². The number of benzene rings is 1. The summed E-state index contributed by atoms with van der Waals surface area (Å²) >= 11 is 0. The lowest BCUT2D eigenvalue weighted by atomic mass is 9.72. The van der Waals surface area contributed by atoms with Gasteiger partial charge in [0, 0.05) is 49.7 Å². The molecule has 1 unspecified atom stereocenters. The van der Waals surface area contributed by atoms with Crippen LogP contribution in [0.5, 0.6) is 0 Å². The number of anilines is 1. The van der Waals surface area contributed by atoms with Gasteiger partial charge in [-0.1, -0.05) is 39.8 Å². The molecule has 3 fully saturated rings. The first-order valence-corrected chi connectivity index (χ1v) is 10.9. The third-order valence-electron chi connectivity index (χ3n) is 7.03. The number of rotatable bonds is 3. The number of hydrogen-bond donors (Lipinski definition) is 0. The topological polar surface area (TPSA) is 26.8 Å². The van der Waals surface area contributed by atoms with E-state index in [-0.39, 0.29) is 17.4 Å². The van der Waals surface area contributed by atoms with E-state index in [1.54, 1.807) is 4.90 Å². The standard InChI is InChI=1S/C23H33F2N3O/c1-16(2)18-5-7-19(8-6-18)27-11-22(12-27)13-28(14-22)21(29)26-10-9-20(17(3)4)23(24,25)15-26/h5-8,16-17,20H,9-15H2,1-4H3. The van der Waals surface area contributed by atoms with E-state index >= 15 is 0 Å². The van der Waals surface area contributed by atoms with Crippen molar-refractivity contribution in [2.45, 2.75) is 46.0 Å². The molecule has 1 aromatic rings. The number of carbonyl (C=O) groups excluding carboxylic acids is 1. The highest BCUT2D eigenvalue weighted by atomic mass is 19.3. The summed E-state index contributed by atoms with van der Waals surface area (Å²) in [6.07, 6.45) is 0.384. The summed E-state index contributed by atoms with van der Waals surface area (Å²) in [5.41, 5.74) is 2.70. The van der Waals surface area contributed by atoms with Crippen LogP contribution in [0.4, 0.5) is 19.3 Å². The molecule has 3 aliphatic heterocycles. The van der Waals surface area contributed by atoms with Gasteiger partial charge in [-0.05, 0) is 36.0 Å². The fourth-order valence-electron chi connectivity index (χ4n) is 5.26. The van der Waals surface area contributed by atoms with Crippen molar-refractivity contribution >= 4 is 11.7 Å². The first-order valence-electron chi connectivity index (χ1n) is 10.9. The number of piperidine rings is 1. The lowest BCUT2D eigenvalue weighted by molar-refractivity contribution is -0.120. The zero-order chi connectivity index (χ0) is 21.0. The molecule has 6 heteroatoms. The molecule has 0 saturated carbocycles. The van der Waals surface area contributed by atoms with Gasteiger partial charge in [-0.25, -0.2) is 13.6 Å². The third-order valence-corrected chi connectivity index (χ3v) is 7.03. The van der Waals surface area contributed by atoms with Gasteiger partial charge in [-0.15, -0.1) is 0 Å². The predicted octanol–water partition coefficient (Wildman–Crippen LogP) is 4.67. The van der Waals surface area contributed by atoms with Crippen molar-refractivity contribution in [2.75, 3.05) is 44.2 Å². The maximum Gasteiger partial charge on any atom is 0.320 e. The van der Waals surface area contributed by atoms with E-state index < -0.39 is 18.4 Å². The number of nitrogens with zero attached hydrogens (tertiary/aromatic N) is 3. The van der Waals surface area contributed by atoms with Gasteiger partial charge >= 0.3 is 6.03 Å². The van der Waals surface area contributed by atoms with E-state index in [9.17, 15) is 13.6 Å². The van der Waals surface area contributed by atoms with Crippen LogP contribution in [0, 0.1) is 17.3 Å². The molecule has 0 N–H and O–H groups in total. The van der Waals surface area contributed by atoms with Crippen LogP contribution < -0.4 is 4.90 Å². The number of carbonyl (C=O) groups is 1. The first-order chi connectivity index (χ1) is 13.6. The van der Waals surface area contributed by atoms with Crippen molar-refractivity contribution in [2.24, 2.45) is 17.3 Å². The molecule has 2 amide bonds. The molecule has 0 aromatic heterocycles. The van der Waals surface area contributed by atoms with Crippen LogP contribution in [0.15, 0.2) is 24.3 Å². The van der Waals surface area contributed by atoms with Crippen LogP contribution in [0.25, 0.3) is 0 Å². The first kappa shape index (κ1) is 20.4. The summed E-state index contributed by atoms with van der Waals surface area (Å²) in [5, 5.41) is 0. The summed E-state index contributed by atoms with van der Waals surface area (Å²) in [6.45, 7) is 11.3. The van der Waals surface area contributed by atoms with Gasteiger partial charge in [0.2, 0.25) is 0 Å². The van der Waals surface area contributed by atoms with Crippen LogP contribution in [0.2, 0.25) is 0 Å². The second kappa shape index (κ2) is 7.13. The molecule has 29 heavy (non-hydrogen) atoms. The maximum absolute atomic E-state index is 14.4. The van der Waals surface area contributed by atoms with E-state index in [4.69, 9.17) is 0 Å². The lowest BCUT2D eigenvalue weighted by Crippen LogP contribution is -2.74. The molecule has 4 rings (SSSR count). The highest BCUT2D eigenvalue weighted by Crippen LogP contribution is 2.43. The van der Waals surface area contributed by atoms with Crippen molar-refractivity contribution < 1.29 is 13.6 Å². The predicted molar refractivity (Wildman–Crippen MR) is 112 cm³/mol. The fourth-order valence-corrected chi connectivity index (χ4v) is 5.26. The van der Waals surface area contributed by atoms with Gasteiger partial charge in [0.15, 0.2) is 0 Å². The van der Waals surface area contributed by atoms with E-state index in [2.05, 4.69) is 43.0 Å². The molecule has 1 aromatic carbocycles. The Labute approximate surface area is 172 Å². The van der Waals surface area contributed by atoms with Gasteiger partial charge in [0.25, 0.3) is 5.92 Å². The molecular formula is C23H33F2N3O. The number of likely N-dealkylation sites (tertiary alicyclic amines) is 2. The average Bonchev–Trinajstić information content (AvgIpc) is 2.58. The van der Waals surface area contributed by atoms with Gasteiger partial charge < -0.3 is 14.7 Å². The molecule has 1 spiro atoms. The average molecular weight is 406 g/mol. The van der Waals surface area contributed by atoms with Crippen LogP contribution in [0.3, 0.4) is 0 Å². The normalized spacial score (nSPS) is 25.4. The molecule has 3 heterocycles. The van der Waals surface area contributed by atoms with Gasteiger partial charge in [-0.3, -0.25) is 0 Å². The number of hydrogen-bond acceptors (Lipinski definition) is 2. The van der Waals surface area contributed by atoms with Crippen molar-refractivity contribution in [3.05, 3.63) is 29.8 Å². The monoisotopic (exact) mass is 405 g/mol. The summed E-state index contributed by atoms with van der Waals surface area (Å²) in [5.74, 6) is -2.96. The molecule has 3 saturated heterocycles. The Morgan fingerprint density at radius 1 is 0.966 bits per heavy atom. The SMILES string of the molecule is CC(C)c1ccc(N2CC3(CN(C(=O)N4CCC(C(C)C)C(F)(F)C4)C3)C2)cc1. The van der Waals surface area contributed by atoms with Crippen molar-refractivity contribution in [3.8, 4) is 0 Å². The van der Waals surface area contributed by atoms with Crippen LogP contribution >= 0.6 is 0 Å². The molecular weight excluding hydrogens is 372 g/mol. The maximum atomic E-state index is 14.4. The second-order valence-electron chi connectivity index (χ2n) is 10.1. The highest BCUT2D eigenvalue weighted by Gasteiger charge is 2.55. The molecule has 0 bridgehead atoms. The van der Waals surface area contributed by atoms with E-state index in [1.165, 1.54) is 16.2 Å². The van der Waals surface area contributed by atoms with Gasteiger partial charge in [0.1, 0.15) is 0 Å². The number of halogens is 2. The van der Waals surface area contributed by atoms with Crippen molar-refractivity contribution in [1.29, 1.82) is 0 Å². The molecule has 1 atom stereocenters. The third kappa shape index (κ3) is 3.71. The zero-order valence-corrected chi connectivity index (χ0v) is 18.0. The Hall–Kier alpha value is -1.85. The second-order valence-corrected chi connectivity index (χ2v) is 10.1. The van der Waals surface area contributed by atoms with E-state index in [1.807, 2.05) is 13.8 Å². The molecule has 4 nitrogen and oxygen atoms in total. The molecule has 0 aliphatic carbocycles. The summed E-state index contributed by atoms with van der Waals surface area (Å²) in [7, 11) is 0. The zero-order valence-electron chi connectivity index (χ0n) is 18.0. The summed E-state index contributed by atoms with van der Waals surface area (Å²) in [4.78, 5) is 18.2. The Kier molecular flexibility index (Phi) is 5.02. The van der Waals surface area contributed by atoms with Gasteiger partial charge in [-0.2, -0.15) is 0 Å². The minimum Gasteiger partial charge on any atom is -0.370 e. The van der Waals surface area contributed by atoms with Crippen molar-refractivity contribution in [3.63, 3.8) is 0 Å². The van der Waals surface area contributed by atoms with Gasteiger partial charge in [0.05, 0.1) is 6.54 Å². The minimum absolute atomic E-state index is 0.0647. The number of urea groups is 1.